The molecule has 0 aromatic heterocycles. The van der Waals surface area contributed by atoms with Crippen LogP contribution in [0.15, 0.2) is 42.5 Å². The lowest BCUT2D eigenvalue weighted by molar-refractivity contribution is 0.108. The normalized spacial score (nSPS) is 11.7. The highest BCUT2D eigenvalue weighted by Crippen LogP contribution is 2.19. The fourth-order valence-electron chi connectivity index (χ4n) is 1.67. The summed E-state index contributed by atoms with van der Waals surface area (Å²) in [5.41, 5.74) is 6.78. The molecule has 5 heteroatoms. The van der Waals surface area contributed by atoms with E-state index in [-0.39, 0.29) is 17.9 Å². The van der Waals surface area contributed by atoms with Crippen molar-refractivity contribution in [2.45, 2.75) is 6.10 Å². The minimum atomic E-state index is -0.839. The quantitative estimate of drug-likeness (QED) is 0.837. The predicted molar refractivity (Wildman–Crippen MR) is 72.4 cm³/mol. The summed E-state index contributed by atoms with van der Waals surface area (Å²) in [5, 5.41) is 18.5. The Morgan fingerprint density at radius 2 is 1.95 bits per heavy atom. The molecule has 2 aromatic rings. The maximum atomic E-state index is 13.4. The summed E-state index contributed by atoms with van der Waals surface area (Å²) in [6.07, 6.45) is -0.839. The first-order chi connectivity index (χ1) is 9.60. The summed E-state index contributed by atoms with van der Waals surface area (Å²) >= 11 is 0. The van der Waals surface area contributed by atoms with Crippen molar-refractivity contribution >= 4 is 5.69 Å². The molecule has 0 bridgehead atoms. The van der Waals surface area contributed by atoms with Crippen LogP contribution < -0.4 is 10.5 Å². The van der Waals surface area contributed by atoms with Gasteiger partial charge in [-0.15, -0.1) is 0 Å². The summed E-state index contributed by atoms with van der Waals surface area (Å²) in [5.74, 6) is -0.386. The Labute approximate surface area is 115 Å². The first-order valence-corrected chi connectivity index (χ1v) is 5.96. The van der Waals surface area contributed by atoms with Crippen LogP contribution in [-0.4, -0.2) is 11.7 Å². The van der Waals surface area contributed by atoms with Crippen molar-refractivity contribution < 1.29 is 14.2 Å². The van der Waals surface area contributed by atoms with Crippen molar-refractivity contribution in [2.24, 2.45) is 0 Å². The molecule has 3 N–H and O–H groups in total. The van der Waals surface area contributed by atoms with Crippen LogP contribution in [0.4, 0.5) is 10.1 Å². The van der Waals surface area contributed by atoms with Crippen molar-refractivity contribution in [3.05, 3.63) is 59.4 Å². The number of aliphatic hydroxyl groups is 1. The van der Waals surface area contributed by atoms with Crippen LogP contribution in [0, 0.1) is 17.1 Å². The van der Waals surface area contributed by atoms with E-state index in [1.807, 2.05) is 0 Å². The highest BCUT2D eigenvalue weighted by molar-refractivity contribution is 5.40. The molecule has 0 spiro atoms. The van der Waals surface area contributed by atoms with Crippen LogP contribution in [0.3, 0.4) is 0 Å². The van der Waals surface area contributed by atoms with Gasteiger partial charge < -0.3 is 15.6 Å². The van der Waals surface area contributed by atoms with Gasteiger partial charge in [0.25, 0.3) is 0 Å². The van der Waals surface area contributed by atoms with Crippen molar-refractivity contribution in [2.75, 3.05) is 12.3 Å². The largest absolute Gasteiger partial charge is 0.490 e. The minimum absolute atomic E-state index is 0.0186. The number of nitriles is 1. The van der Waals surface area contributed by atoms with Gasteiger partial charge in [0, 0.05) is 11.8 Å². The highest BCUT2D eigenvalue weighted by atomic mass is 19.1. The Bertz CT molecular complexity index is 635. The average Bonchev–Trinajstić information content (AvgIpc) is 2.45. The number of ether oxygens (including phenoxy) is 1. The first kappa shape index (κ1) is 13.8. The van der Waals surface area contributed by atoms with Gasteiger partial charge in [-0.25, -0.2) is 4.39 Å². The number of nitrogen functional groups attached to an aromatic ring is 1. The topological polar surface area (TPSA) is 79.3 Å². The number of nitrogens with zero attached hydrogens (tertiary/aromatic N) is 1. The average molecular weight is 272 g/mol. The molecule has 4 nitrogen and oxygen atoms in total. The third-order valence-electron chi connectivity index (χ3n) is 2.79. The molecule has 0 aliphatic carbocycles. The Morgan fingerprint density at radius 3 is 2.55 bits per heavy atom. The SMILES string of the molecule is N#Cc1ccc(OCC(O)c2ccc(N)cc2)cc1F. The minimum Gasteiger partial charge on any atom is -0.490 e. The lowest BCUT2D eigenvalue weighted by Crippen LogP contribution is -2.09. The number of hydrogen-bond acceptors (Lipinski definition) is 4. The van der Waals surface area contributed by atoms with Gasteiger partial charge in [-0.2, -0.15) is 5.26 Å². The zero-order chi connectivity index (χ0) is 14.5. The highest BCUT2D eigenvalue weighted by Gasteiger charge is 2.09. The van der Waals surface area contributed by atoms with E-state index in [0.717, 1.165) is 6.07 Å². The monoisotopic (exact) mass is 272 g/mol. The van der Waals surface area contributed by atoms with E-state index < -0.39 is 11.9 Å². The predicted octanol–water partition coefficient (Wildman–Crippen LogP) is 2.39. The summed E-state index contributed by atoms with van der Waals surface area (Å²) in [6.45, 7) is -0.0186. The molecule has 1 unspecified atom stereocenters. The van der Waals surface area contributed by atoms with Gasteiger partial charge in [-0.1, -0.05) is 12.1 Å². The number of nitrogens with two attached hydrogens (primary N) is 1. The van der Waals surface area contributed by atoms with E-state index >= 15 is 0 Å². The smallest absolute Gasteiger partial charge is 0.144 e. The number of hydrogen-bond donors (Lipinski definition) is 2. The van der Waals surface area contributed by atoms with Crippen molar-refractivity contribution in [1.82, 2.24) is 0 Å². The van der Waals surface area contributed by atoms with Crippen molar-refractivity contribution in [1.29, 1.82) is 5.26 Å². The fraction of sp³-hybridized carbons (Fsp3) is 0.133. The third kappa shape index (κ3) is 3.25. The Kier molecular flexibility index (Phi) is 4.18. The summed E-state index contributed by atoms with van der Waals surface area (Å²) in [7, 11) is 0. The molecule has 0 aliphatic heterocycles. The molecular weight excluding hydrogens is 259 g/mol. The second-order valence-electron chi connectivity index (χ2n) is 4.25. The van der Waals surface area contributed by atoms with E-state index in [0.29, 0.717) is 11.3 Å². The number of halogens is 1. The van der Waals surface area contributed by atoms with E-state index in [4.69, 9.17) is 15.7 Å². The van der Waals surface area contributed by atoms with Gasteiger partial charge in [-0.3, -0.25) is 0 Å². The molecule has 0 saturated heterocycles. The van der Waals surface area contributed by atoms with Crippen molar-refractivity contribution in [3.63, 3.8) is 0 Å². The van der Waals surface area contributed by atoms with Gasteiger partial charge in [0.2, 0.25) is 0 Å². The molecule has 2 aromatic carbocycles. The van der Waals surface area contributed by atoms with Gasteiger partial charge in [-0.05, 0) is 29.8 Å². The molecule has 0 heterocycles. The first-order valence-electron chi connectivity index (χ1n) is 5.96. The van der Waals surface area contributed by atoms with Crippen LogP contribution in [0.1, 0.15) is 17.2 Å². The number of benzene rings is 2. The second-order valence-corrected chi connectivity index (χ2v) is 4.25. The lowest BCUT2D eigenvalue weighted by Gasteiger charge is -2.13. The van der Waals surface area contributed by atoms with Gasteiger partial charge in [0.15, 0.2) is 0 Å². The Hall–Kier alpha value is -2.58. The summed E-state index contributed by atoms with van der Waals surface area (Å²) in [4.78, 5) is 0. The summed E-state index contributed by atoms with van der Waals surface area (Å²) < 4.78 is 18.7. The number of anilines is 1. The molecule has 20 heavy (non-hydrogen) atoms. The lowest BCUT2D eigenvalue weighted by atomic mass is 10.1. The molecule has 102 valence electrons. The fourth-order valence-corrected chi connectivity index (χ4v) is 1.67. The van der Waals surface area contributed by atoms with Crippen LogP contribution in [0.5, 0.6) is 5.75 Å². The van der Waals surface area contributed by atoms with E-state index in [1.54, 1.807) is 30.3 Å². The maximum Gasteiger partial charge on any atom is 0.144 e. The molecule has 0 aliphatic rings. The zero-order valence-electron chi connectivity index (χ0n) is 10.6. The molecule has 0 radical (unpaired) electrons. The summed E-state index contributed by atoms with van der Waals surface area (Å²) in [6, 6.07) is 12.4. The van der Waals surface area contributed by atoms with Gasteiger partial charge >= 0.3 is 0 Å². The van der Waals surface area contributed by atoms with Crippen LogP contribution in [0.25, 0.3) is 0 Å². The molecule has 1 atom stereocenters. The Balaban J connectivity index is 2.00. The van der Waals surface area contributed by atoms with Crippen LogP contribution >= 0.6 is 0 Å². The number of aliphatic hydroxyl groups excluding tert-OH is 1. The van der Waals surface area contributed by atoms with Crippen LogP contribution in [-0.2, 0) is 0 Å². The second kappa shape index (κ2) is 6.04. The van der Waals surface area contributed by atoms with Gasteiger partial charge in [0.1, 0.15) is 30.3 Å². The van der Waals surface area contributed by atoms with Crippen molar-refractivity contribution in [3.8, 4) is 11.8 Å². The molecular formula is C15H13FN2O2. The molecule has 0 amide bonds. The van der Waals surface area contributed by atoms with E-state index in [9.17, 15) is 9.50 Å². The standard InChI is InChI=1S/C15H13FN2O2/c16-14-7-13(6-3-11(14)8-17)20-9-15(19)10-1-4-12(18)5-2-10/h1-7,15,19H,9,18H2. The molecule has 0 saturated carbocycles. The van der Waals surface area contributed by atoms with E-state index in [1.165, 1.54) is 12.1 Å². The van der Waals surface area contributed by atoms with E-state index in [2.05, 4.69) is 0 Å². The number of rotatable bonds is 4. The Morgan fingerprint density at radius 1 is 1.25 bits per heavy atom. The van der Waals surface area contributed by atoms with Crippen LogP contribution in [0.2, 0.25) is 0 Å². The zero-order valence-corrected chi connectivity index (χ0v) is 10.6. The third-order valence-corrected chi connectivity index (χ3v) is 2.79. The maximum absolute atomic E-state index is 13.4. The molecule has 0 fully saturated rings. The molecule has 2 rings (SSSR count). The van der Waals surface area contributed by atoms with Gasteiger partial charge in [0.05, 0.1) is 5.56 Å².